The Morgan fingerprint density at radius 2 is 1.86 bits per heavy atom. The number of halogens is 1. The van der Waals surface area contributed by atoms with E-state index in [4.69, 9.17) is 5.73 Å². The summed E-state index contributed by atoms with van der Waals surface area (Å²) in [6.45, 7) is 0.330. The first kappa shape index (κ1) is 21.9. The number of rotatable bonds is 7. The van der Waals surface area contributed by atoms with Crippen LogP contribution in [0.15, 0.2) is 54.9 Å². The molecule has 3 N–H and O–H groups in total. The summed E-state index contributed by atoms with van der Waals surface area (Å²) < 4.78 is 24.3. The van der Waals surface area contributed by atoms with Crippen molar-refractivity contribution in [3.8, 4) is 5.69 Å². The van der Waals surface area contributed by atoms with Crippen LogP contribution in [0.3, 0.4) is 0 Å². The molecule has 1 heterocycles. The van der Waals surface area contributed by atoms with Gasteiger partial charge in [0.05, 0.1) is 22.8 Å². The molecule has 3 rings (SSSR count). The van der Waals surface area contributed by atoms with E-state index in [1.165, 1.54) is 0 Å². The predicted octanol–water partition coefficient (Wildman–Crippen LogP) is 1.83. The number of fused-ring (bicyclic) bond motifs is 1. The number of hydrogen-bond donors (Lipinski definition) is 2. The summed E-state index contributed by atoms with van der Waals surface area (Å²) >= 11 is 0. The number of para-hydroxylation sites is 2. The minimum Gasteiger partial charge on any atom is -0.351 e. The third kappa shape index (κ3) is 5.54. The molecular weight excluding hydrogens is 400 g/mol. The molecule has 0 spiro atoms. The van der Waals surface area contributed by atoms with Crippen LogP contribution in [0.4, 0.5) is 0 Å². The number of nitrogens with two attached hydrogens (primary N) is 1. The molecule has 28 heavy (non-hydrogen) atoms. The summed E-state index contributed by atoms with van der Waals surface area (Å²) in [7, 11) is -3.13. The van der Waals surface area contributed by atoms with Gasteiger partial charge < -0.3 is 11.1 Å². The van der Waals surface area contributed by atoms with Crippen LogP contribution >= 0.6 is 12.4 Å². The predicted molar refractivity (Wildman–Crippen MR) is 112 cm³/mol. The molecule has 3 aromatic rings. The molecule has 0 bridgehead atoms. The van der Waals surface area contributed by atoms with Crippen molar-refractivity contribution in [3.63, 3.8) is 0 Å². The van der Waals surface area contributed by atoms with E-state index in [2.05, 4.69) is 10.3 Å². The van der Waals surface area contributed by atoms with Crippen LogP contribution in [0, 0.1) is 0 Å². The van der Waals surface area contributed by atoms with Crippen LogP contribution in [0.2, 0.25) is 0 Å². The minimum atomic E-state index is -3.13. The highest BCUT2D eigenvalue weighted by atomic mass is 35.5. The Hall–Kier alpha value is -2.42. The van der Waals surface area contributed by atoms with Crippen molar-refractivity contribution in [1.82, 2.24) is 14.9 Å². The van der Waals surface area contributed by atoms with Gasteiger partial charge in [0.15, 0.2) is 0 Å². The van der Waals surface area contributed by atoms with Crippen LogP contribution in [-0.2, 0) is 21.2 Å². The van der Waals surface area contributed by atoms with Gasteiger partial charge in [0.25, 0.3) is 0 Å². The fourth-order valence-corrected chi connectivity index (χ4v) is 3.41. The Morgan fingerprint density at radius 1 is 1.18 bits per heavy atom. The van der Waals surface area contributed by atoms with Crippen LogP contribution in [0.5, 0.6) is 0 Å². The zero-order valence-electron chi connectivity index (χ0n) is 15.4. The highest BCUT2D eigenvalue weighted by Crippen LogP contribution is 2.18. The molecule has 0 aliphatic heterocycles. The highest BCUT2D eigenvalue weighted by molar-refractivity contribution is 7.90. The van der Waals surface area contributed by atoms with Gasteiger partial charge in [-0.05, 0) is 36.2 Å². The Bertz CT molecular complexity index is 1050. The number of nitrogens with one attached hydrogen (secondary N) is 1. The Kier molecular flexibility index (Phi) is 7.17. The lowest BCUT2D eigenvalue weighted by molar-refractivity contribution is -0.122. The fraction of sp³-hybridized carbons (Fsp3) is 0.263. The van der Waals surface area contributed by atoms with E-state index in [9.17, 15) is 13.2 Å². The van der Waals surface area contributed by atoms with Gasteiger partial charge in [0.2, 0.25) is 5.91 Å². The molecule has 7 nitrogen and oxygen atoms in total. The summed E-state index contributed by atoms with van der Waals surface area (Å²) in [5, 5.41) is 2.74. The first-order valence-corrected chi connectivity index (χ1v) is 10.6. The molecule has 2 aromatic carbocycles. The molecule has 1 unspecified atom stereocenters. The van der Waals surface area contributed by atoms with E-state index in [1.807, 2.05) is 53.1 Å². The Morgan fingerprint density at radius 3 is 2.54 bits per heavy atom. The second-order valence-electron chi connectivity index (χ2n) is 6.51. The lowest BCUT2D eigenvalue weighted by Gasteiger charge is -2.12. The molecule has 0 saturated carbocycles. The van der Waals surface area contributed by atoms with Gasteiger partial charge in [0.1, 0.15) is 16.2 Å². The van der Waals surface area contributed by atoms with Crippen molar-refractivity contribution in [2.24, 2.45) is 5.73 Å². The van der Waals surface area contributed by atoms with Crippen LogP contribution in [-0.4, -0.2) is 41.9 Å². The summed E-state index contributed by atoms with van der Waals surface area (Å²) in [4.78, 5) is 16.4. The van der Waals surface area contributed by atoms with Crippen LogP contribution in [0.1, 0.15) is 12.0 Å². The van der Waals surface area contributed by atoms with Gasteiger partial charge in [-0.25, -0.2) is 13.4 Å². The topological polar surface area (TPSA) is 107 Å². The highest BCUT2D eigenvalue weighted by Gasteiger charge is 2.15. The van der Waals surface area contributed by atoms with E-state index in [0.29, 0.717) is 6.54 Å². The van der Waals surface area contributed by atoms with Crippen molar-refractivity contribution >= 4 is 39.2 Å². The molecule has 0 radical (unpaired) electrons. The van der Waals surface area contributed by atoms with Gasteiger partial charge in [-0.3, -0.25) is 9.36 Å². The number of aromatic nitrogens is 2. The molecule has 1 amide bonds. The maximum Gasteiger partial charge on any atom is 0.237 e. The standard InChI is InChI=1S/C19H22N4O3S.ClH/c1-27(25,26)11-10-16(20)19(24)21-12-14-6-8-15(9-7-14)23-13-22-17-4-2-3-5-18(17)23;/h2-9,13,16H,10-12,20H2,1H3,(H,21,24);1H. The molecule has 0 fully saturated rings. The quantitative estimate of drug-likeness (QED) is 0.604. The Labute approximate surface area is 170 Å². The molecule has 1 aromatic heterocycles. The number of hydrogen-bond acceptors (Lipinski definition) is 5. The van der Waals surface area contributed by atoms with E-state index >= 15 is 0 Å². The van der Waals surface area contributed by atoms with Crippen LogP contribution in [0.25, 0.3) is 16.7 Å². The van der Waals surface area contributed by atoms with Crippen molar-refractivity contribution in [3.05, 3.63) is 60.4 Å². The maximum absolute atomic E-state index is 12.0. The molecule has 0 aliphatic carbocycles. The monoisotopic (exact) mass is 422 g/mol. The number of benzene rings is 2. The zero-order chi connectivity index (χ0) is 19.4. The molecular formula is C19H23ClN4O3S. The zero-order valence-corrected chi connectivity index (χ0v) is 17.0. The molecule has 1 atom stereocenters. The molecule has 0 aliphatic rings. The number of sulfone groups is 1. The van der Waals surface area contributed by atoms with Crippen molar-refractivity contribution in [1.29, 1.82) is 0 Å². The number of amides is 1. The number of carbonyl (C=O) groups excluding carboxylic acids is 1. The second kappa shape index (κ2) is 9.18. The smallest absolute Gasteiger partial charge is 0.237 e. The Balaban J connectivity index is 0.00000280. The van der Waals surface area contributed by atoms with E-state index in [0.717, 1.165) is 28.5 Å². The fourth-order valence-electron chi connectivity index (χ4n) is 2.73. The van der Waals surface area contributed by atoms with Crippen molar-refractivity contribution in [2.75, 3.05) is 12.0 Å². The van der Waals surface area contributed by atoms with E-state index in [-0.39, 0.29) is 30.5 Å². The van der Waals surface area contributed by atoms with E-state index < -0.39 is 15.9 Å². The number of imidazole rings is 1. The first-order valence-electron chi connectivity index (χ1n) is 8.56. The van der Waals surface area contributed by atoms with Gasteiger partial charge >= 0.3 is 0 Å². The summed E-state index contributed by atoms with van der Waals surface area (Å²) in [6.07, 6.45) is 3.02. The summed E-state index contributed by atoms with van der Waals surface area (Å²) in [5.41, 5.74) is 9.59. The van der Waals surface area contributed by atoms with Gasteiger partial charge in [-0.15, -0.1) is 12.4 Å². The number of nitrogens with zero attached hydrogens (tertiary/aromatic N) is 2. The van der Waals surface area contributed by atoms with Gasteiger partial charge in [-0.1, -0.05) is 24.3 Å². The average molecular weight is 423 g/mol. The largest absolute Gasteiger partial charge is 0.351 e. The second-order valence-corrected chi connectivity index (χ2v) is 8.77. The molecule has 150 valence electrons. The molecule has 9 heteroatoms. The summed E-state index contributed by atoms with van der Waals surface area (Å²) in [6, 6.07) is 14.8. The summed E-state index contributed by atoms with van der Waals surface area (Å²) in [5.74, 6) is -0.460. The minimum absolute atomic E-state index is 0. The van der Waals surface area contributed by atoms with Gasteiger partial charge in [-0.2, -0.15) is 0 Å². The van der Waals surface area contributed by atoms with E-state index in [1.54, 1.807) is 6.33 Å². The first-order chi connectivity index (χ1) is 12.8. The lowest BCUT2D eigenvalue weighted by atomic mass is 10.2. The van der Waals surface area contributed by atoms with Crippen molar-refractivity contribution < 1.29 is 13.2 Å². The van der Waals surface area contributed by atoms with Crippen molar-refractivity contribution in [2.45, 2.75) is 19.0 Å². The SMILES string of the molecule is CS(=O)(=O)CCC(N)C(=O)NCc1ccc(-n2cnc3ccccc32)cc1.Cl. The average Bonchev–Trinajstić information content (AvgIpc) is 3.08. The lowest BCUT2D eigenvalue weighted by Crippen LogP contribution is -2.41. The molecule has 0 saturated heterocycles. The number of carbonyl (C=O) groups is 1. The van der Waals surface area contributed by atoms with Crippen LogP contribution < -0.4 is 11.1 Å². The third-order valence-corrected chi connectivity index (χ3v) is 5.25. The van der Waals surface area contributed by atoms with Gasteiger partial charge in [0, 0.05) is 18.5 Å². The third-order valence-electron chi connectivity index (χ3n) is 4.27. The normalized spacial score (nSPS) is 12.4. The maximum atomic E-state index is 12.0.